The van der Waals surface area contributed by atoms with Crippen LogP contribution in [0, 0.1) is 0 Å². The molecule has 0 spiro atoms. The second-order valence-corrected chi connectivity index (χ2v) is 8.25. The molecule has 0 N–H and O–H groups in total. The van der Waals surface area contributed by atoms with Gasteiger partial charge in [0.1, 0.15) is 28.5 Å². The molecule has 0 aliphatic heterocycles. The van der Waals surface area contributed by atoms with Crippen LogP contribution in [0.4, 0.5) is 0 Å². The maximum absolute atomic E-state index is 12.1. The molecule has 2 rings (SSSR count). The van der Waals surface area contributed by atoms with E-state index in [0.717, 1.165) is 22.6 Å². The molecule has 0 heterocycles. The van der Waals surface area contributed by atoms with E-state index in [4.69, 9.17) is 4.74 Å². The average Bonchev–Trinajstić information content (AvgIpc) is 2.53. The SMILES string of the molecule is C/C(=N\[S+]([O-])C(C)(C)C)c1cccc(OCc2ccccc2)c1. The van der Waals surface area contributed by atoms with Crippen LogP contribution in [0.5, 0.6) is 5.75 Å². The first-order valence-corrected chi connectivity index (χ1v) is 8.71. The van der Waals surface area contributed by atoms with Crippen molar-refractivity contribution in [3.63, 3.8) is 0 Å². The minimum Gasteiger partial charge on any atom is -0.591 e. The highest BCUT2D eigenvalue weighted by molar-refractivity contribution is 7.91. The topological polar surface area (TPSA) is 44.7 Å². The van der Waals surface area contributed by atoms with Gasteiger partial charge in [-0.1, -0.05) is 46.9 Å². The summed E-state index contributed by atoms with van der Waals surface area (Å²) in [6, 6.07) is 17.8. The van der Waals surface area contributed by atoms with Crippen molar-refractivity contribution < 1.29 is 9.29 Å². The monoisotopic (exact) mass is 329 g/mol. The van der Waals surface area contributed by atoms with Crippen molar-refractivity contribution in [2.45, 2.75) is 39.0 Å². The van der Waals surface area contributed by atoms with Gasteiger partial charge in [0.2, 0.25) is 0 Å². The minimum atomic E-state index is -1.26. The maximum Gasteiger partial charge on any atom is 0.144 e. The van der Waals surface area contributed by atoms with E-state index in [0.29, 0.717) is 6.61 Å². The number of rotatable bonds is 5. The fourth-order valence-corrected chi connectivity index (χ4v) is 2.49. The largest absolute Gasteiger partial charge is 0.591 e. The summed E-state index contributed by atoms with van der Waals surface area (Å²) >= 11 is -1.26. The van der Waals surface area contributed by atoms with Crippen LogP contribution in [0.25, 0.3) is 0 Å². The molecule has 0 aromatic heterocycles. The van der Waals surface area contributed by atoms with E-state index in [1.54, 1.807) is 0 Å². The quantitative estimate of drug-likeness (QED) is 0.597. The number of benzene rings is 2. The third-order valence-corrected chi connectivity index (χ3v) is 4.73. The lowest BCUT2D eigenvalue weighted by atomic mass is 10.1. The van der Waals surface area contributed by atoms with Crippen LogP contribution in [0.3, 0.4) is 0 Å². The van der Waals surface area contributed by atoms with Gasteiger partial charge in [-0.3, -0.25) is 0 Å². The molecule has 0 radical (unpaired) electrons. The Morgan fingerprint density at radius 3 is 2.43 bits per heavy atom. The lowest BCUT2D eigenvalue weighted by molar-refractivity contribution is 0.306. The first-order valence-electron chi connectivity index (χ1n) is 7.61. The maximum atomic E-state index is 12.1. The second kappa shape index (κ2) is 7.66. The molecule has 2 aromatic rings. The van der Waals surface area contributed by atoms with E-state index in [-0.39, 0.29) is 4.75 Å². The van der Waals surface area contributed by atoms with Crippen molar-refractivity contribution in [2.24, 2.45) is 4.40 Å². The predicted molar refractivity (Wildman–Crippen MR) is 97.3 cm³/mol. The average molecular weight is 329 g/mol. The molecule has 1 atom stereocenters. The molecule has 0 saturated carbocycles. The fraction of sp³-hybridized carbons (Fsp3) is 0.316. The van der Waals surface area contributed by atoms with Crippen molar-refractivity contribution in [2.75, 3.05) is 0 Å². The number of hydrogen-bond acceptors (Lipinski definition) is 3. The van der Waals surface area contributed by atoms with Crippen LogP contribution in [-0.2, 0) is 18.0 Å². The molecule has 4 heteroatoms. The van der Waals surface area contributed by atoms with Crippen LogP contribution in [0.15, 0.2) is 59.0 Å². The zero-order valence-corrected chi connectivity index (χ0v) is 14.9. The Bertz CT molecular complexity index is 663. The summed E-state index contributed by atoms with van der Waals surface area (Å²) in [6.45, 7) is 8.15. The molecule has 122 valence electrons. The highest BCUT2D eigenvalue weighted by Crippen LogP contribution is 2.20. The van der Waals surface area contributed by atoms with Crippen LogP contribution in [0.2, 0.25) is 0 Å². The van der Waals surface area contributed by atoms with E-state index in [1.807, 2.05) is 82.3 Å². The fourth-order valence-electron chi connectivity index (χ4n) is 1.87. The molecule has 0 aliphatic carbocycles. The Morgan fingerprint density at radius 2 is 1.78 bits per heavy atom. The number of ether oxygens (including phenoxy) is 1. The second-order valence-electron chi connectivity index (χ2n) is 6.34. The van der Waals surface area contributed by atoms with Gasteiger partial charge < -0.3 is 9.29 Å². The minimum absolute atomic E-state index is 0.358. The Kier molecular flexibility index (Phi) is 5.85. The van der Waals surface area contributed by atoms with E-state index in [1.165, 1.54) is 0 Å². The molecular formula is C19H23NO2S. The van der Waals surface area contributed by atoms with Crippen LogP contribution in [0.1, 0.15) is 38.8 Å². The summed E-state index contributed by atoms with van der Waals surface area (Å²) in [6.07, 6.45) is 0. The van der Waals surface area contributed by atoms with Gasteiger partial charge >= 0.3 is 0 Å². The third-order valence-electron chi connectivity index (χ3n) is 3.24. The molecule has 3 nitrogen and oxygen atoms in total. The summed E-state index contributed by atoms with van der Waals surface area (Å²) in [5.74, 6) is 0.780. The summed E-state index contributed by atoms with van der Waals surface area (Å²) < 4.78 is 21.9. The number of hydrogen-bond donors (Lipinski definition) is 0. The first-order chi connectivity index (χ1) is 10.9. The molecule has 0 saturated heterocycles. The van der Waals surface area contributed by atoms with Crippen LogP contribution in [-0.4, -0.2) is 15.0 Å². The summed E-state index contributed by atoms with van der Waals surface area (Å²) in [5, 5.41) is 0. The standard InChI is InChI=1S/C19H23NO2S/c1-15(20-23(21)19(2,3)4)17-11-8-12-18(13-17)22-14-16-9-6-5-7-10-16/h5-13H,14H2,1-4H3/b20-15+. The lowest BCUT2D eigenvalue weighted by Crippen LogP contribution is -2.26. The van der Waals surface area contributed by atoms with Crippen molar-refractivity contribution in [3.05, 3.63) is 65.7 Å². The lowest BCUT2D eigenvalue weighted by Gasteiger charge is -2.18. The molecular weight excluding hydrogens is 306 g/mol. The summed E-state index contributed by atoms with van der Waals surface area (Å²) in [7, 11) is 0. The highest BCUT2D eigenvalue weighted by Gasteiger charge is 2.26. The van der Waals surface area contributed by atoms with Gasteiger partial charge in [0.15, 0.2) is 0 Å². The predicted octanol–water partition coefficient (Wildman–Crippen LogP) is 4.54. The Morgan fingerprint density at radius 1 is 1.09 bits per heavy atom. The Balaban J connectivity index is 2.09. The normalized spacial score (nSPS) is 13.7. The van der Waals surface area contributed by atoms with E-state index >= 15 is 0 Å². The molecule has 2 aromatic carbocycles. The van der Waals surface area contributed by atoms with Gasteiger partial charge in [0.05, 0.1) is 5.71 Å². The molecule has 1 unspecified atom stereocenters. The van der Waals surface area contributed by atoms with Gasteiger partial charge in [-0.15, -0.1) is 0 Å². The van der Waals surface area contributed by atoms with Gasteiger partial charge in [0, 0.05) is 5.56 Å². The van der Waals surface area contributed by atoms with Crippen molar-refractivity contribution in [1.82, 2.24) is 0 Å². The summed E-state index contributed by atoms with van der Waals surface area (Å²) in [5.41, 5.74) is 2.80. The van der Waals surface area contributed by atoms with Crippen molar-refractivity contribution in [1.29, 1.82) is 0 Å². The smallest absolute Gasteiger partial charge is 0.144 e. The van der Waals surface area contributed by atoms with Gasteiger partial charge in [-0.2, -0.15) is 0 Å². The van der Waals surface area contributed by atoms with Crippen molar-refractivity contribution >= 4 is 17.1 Å². The zero-order valence-electron chi connectivity index (χ0n) is 14.1. The molecule has 0 fully saturated rings. The molecule has 0 amide bonds. The molecule has 0 aliphatic rings. The van der Waals surface area contributed by atoms with E-state index in [9.17, 15) is 4.55 Å². The molecule has 23 heavy (non-hydrogen) atoms. The number of nitrogens with zero attached hydrogens (tertiary/aromatic N) is 1. The van der Waals surface area contributed by atoms with Crippen molar-refractivity contribution in [3.8, 4) is 5.75 Å². The highest BCUT2D eigenvalue weighted by atomic mass is 32.2. The summed E-state index contributed by atoms with van der Waals surface area (Å²) in [4.78, 5) is 0. The third kappa shape index (κ3) is 5.41. The molecule has 0 bridgehead atoms. The zero-order chi connectivity index (χ0) is 16.9. The van der Waals surface area contributed by atoms with Gasteiger partial charge in [-0.05, 0) is 45.4 Å². The van der Waals surface area contributed by atoms with Crippen LogP contribution >= 0.6 is 0 Å². The Hall–Kier alpha value is -1.78. The van der Waals surface area contributed by atoms with Gasteiger partial charge in [-0.25, -0.2) is 0 Å². The Labute approximate surface area is 141 Å². The van der Waals surface area contributed by atoms with E-state index < -0.39 is 11.4 Å². The van der Waals surface area contributed by atoms with Crippen LogP contribution < -0.4 is 4.74 Å². The van der Waals surface area contributed by atoms with Gasteiger partial charge in [0.25, 0.3) is 0 Å². The first kappa shape index (κ1) is 17.6. The van der Waals surface area contributed by atoms with E-state index in [2.05, 4.69) is 4.40 Å².